The minimum absolute atomic E-state index is 0.0645. The molecule has 0 atom stereocenters. The lowest BCUT2D eigenvalue weighted by Gasteiger charge is -2.13. The van der Waals surface area contributed by atoms with Crippen molar-refractivity contribution in [3.63, 3.8) is 0 Å². The van der Waals surface area contributed by atoms with Crippen LogP contribution in [0.3, 0.4) is 0 Å². The SMILES string of the molecule is COC(=O)C(C(=O)OC)c1ccc([N+](=O)[O-])c(OC)c1. The molecule has 0 aliphatic rings. The third-order valence-corrected chi connectivity index (χ3v) is 2.61. The molecular formula is C12H13NO7. The van der Waals surface area contributed by atoms with Crippen molar-refractivity contribution < 1.29 is 28.7 Å². The van der Waals surface area contributed by atoms with E-state index in [-0.39, 0.29) is 17.0 Å². The number of hydrogen-bond acceptors (Lipinski definition) is 7. The Morgan fingerprint density at radius 1 is 1.15 bits per heavy atom. The third kappa shape index (κ3) is 3.02. The average Bonchev–Trinajstić information content (AvgIpc) is 2.46. The van der Waals surface area contributed by atoms with Gasteiger partial charge in [0.15, 0.2) is 11.7 Å². The van der Waals surface area contributed by atoms with Crippen molar-refractivity contribution >= 4 is 17.6 Å². The van der Waals surface area contributed by atoms with E-state index in [4.69, 9.17) is 4.74 Å². The van der Waals surface area contributed by atoms with E-state index in [1.54, 1.807) is 0 Å². The summed E-state index contributed by atoms with van der Waals surface area (Å²) in [5.41, 5.74) is -0.0871. The first-order valence-corrected chi connectivity index (χ1v) is 5.44. The molecule has 0 unspecified atom stereocenters. The molecule has 8 nitrogen and oxygen atoms in total. The van der Waals surface area contributed by atoms with Crippen molar-refractivity contribution in [2.45, 2.75) is 5.92 Å². The van der Waals surface area contributed by atoms with Crippen LogP contribution in [0.1, 0.15) is 11.5 Å². The Kier molecular flexibility index (Phi) is 5.01. The fourth-order valence-corrected chi connectivity index (χ4v) is 1.63. The number of esters is 2. The van der Waals surface area contributed by atoms with E-state index in [1.165, 1.54) is 19.2 Å². The molecule has 0 heterocycles. The lowest BCUT2D eigenvalue weighted by Crippen LogP contribution is -2.24. The summed E-state index contributed by atoms with van der Waals surface area (Å²) in [4.78, 5) is 33.4. The maximum absolute atomic E-state index is 11.6. The van der Waals surface area contributed by atoms with Gasteiger partial charge >= 0.3 is 17.6 Å². The van der Waals surface area contributed by atoms with Crippen molar-refractivity contribution in [1.82, 2.24) is 0 Å². The quantitative estimate of drug-likeness (QED) is 0.344. The van der Waals surface area contributed by atoms with Gasteiger partial charge in [-0.3, -0.25) is 19.7 Å². The highest BCUT2D eigenvalue weighted by molar-refractivity contribution is 6.00. The fourth-order valence-electron chi connectivity index (χ4n) is 1.63. The summed E-state index contributed by atoms with van der Waals surface area (Å²) in [5, 5.41) is 10.8. The van der Waals surface area contributed by atoms with Gasteiger partial charge in [-0.2, -0.15) is 0 Å². The molecule has 1 rings (SSSR count). The van der Waals surface area contributed by atoms with Gasteiger partial charge in [-0.25, -0.2) is 0 Å². The van der Waals surface area contributed by atoms with Gasteiger partial charge in [0, 0.05) is 6.07 Å². The topological polar surface area (TPSA) is 105 Å². The molecule has 8 heteroatoms. The molecule has 0 saturated heterocycles. The molecule has 0 bridgehead atoms. The van der Waals surface area contributed by atoms with Gasteiger partial charge in [-0.15, -0.1) is 0 Å². The van der Waals surface area contributed by atoms with Gasteiger partial charge in [-0.05, 0) is 11.6 Å². The summed E-state index contributed by atoms with van der Waals surface area (Å²) in [7, 11) is 3.50. The Bertz CT molecular complexity index is 525. The second-order valence-electron chi connectivity index (χ2n) is 3.67. The largest absolute Gasteiger partial charge is 0.490 e. The van der Waals surface area contributed by atoms with Crippen LogP contribution in [0.25, 0.3) is 0 Å². The second kappa shape index (κ2) is 6.50. The Morgan fingerprint density at radius 2 is 1.70 bits per heavy atom. The number of nitro groups is 1. The predicted octanol–water partition coefficient (Wildman–Crippen LogP) is 1.03. The number of nitro benzene ring substituents is 1. The summed E-state index contributed by atoms with van der Waals surface area (Å²) < 4.78 is 13.9. The summed E-state index contributed by atoms with van der Waals surface area (Å²) in [6.07, 6.45) is 0. The van der Waals surface area contributed by atoms with Gasteiger partial charge in [0.05, 0.1) is 26.3 Å². The zero-order chi connectivity index (χ0) is 15.3. The zero-order valence-corrected chi connectivity index (χ0v) is 11.1. The van der Waals surface area contributed by atoms with E-state index in [2.05, 4.69) is 9.47 Å². The van der Waals surface area contributed by atoms with Gasteiger partial charge in [-0.1, -0.05) is 6.07 Å². The predicted molar refractivity (Wildman–Crippen MR) is 66.4 cm³/mol. The summed E-state index contributed by atoms with van der Waals surface area (Å²) in [5.74, 6) is -3.04. The highest BCUT2D eigenvalue weighted by Crippen LogP contribution is 2.31. The second-order valence-corrected chi connectivity index (χ2v) is 3.67. The van der Waals surface area contributed by atoms with Crippen LogP contribution in [-0.4, -0.2) is 38.2 Å². The van der Waals surface area contributed by atoms with E-state index in [0.29, 0.717) is 0 Å². The molecule has 1 aromatic carbocycles. The normalized spacial score (nSPS) is 10.0. The summed E-state index contributed by atoms with van der Waals surface area (Å²) in [6.45, 7) is 0. The number of carbonyl (C=O) groups excluding carboxylic acids is 2. The molecule has 0 spiro atoms. The van der Waals surface area contributed by atoms with Crippen LogP contribution in [0.15, 0.2) is 18.2 Å². The van der Waals surface area contributed by atoms with Crippen LogP contribution < -0.4 is 4.74 Å². The molecule has 0 saturated carbocycles. The van der Waals surface area contributed by atoms with Crippen molar-refractivity contribution in [1.29, 1.82) is 0 Å². The van der Waals surface area contributed by atoms with E-state index < -0.39 is 22.8 Å². The van der Waals surface area contributed by atoms with E-state index in [0.717, 1.165) is 20.3 Å². The van der Waals surface area contributed by atoms with Crippen LogP contribution in [0.2, 0.25) is 0 Å². The Balaban J connectivity index is 3.31. The highest BCUT2D eigenvalue weighted by Gasteiger charge is 2.32. The van der Waals surface area contributed by atoms with E-state index in [1.807, 2.05) is 0 Å². The molecule has 0 radical (unpaired) electrons. The van der Waals surface area contributed by atoms with Gasteiger partial charge < -0.3 is 14.2 Å². The number of ether oxygens (including phenoxy) is 3. The number of nitrogens with zero attached hydrogens (tertiary/aromatic N) is 1. The average molecular weight is 283 g/mol. The molecule has 0 aliphatic heterocycles. The first-order valence-electron chi connectivity index (χ1n) is 5.44. The standard InChI is InChI=1S/C12H13NO7/c1-18-9-6-7(4-5-8(9)13(16)17)10(11(14)19-2)12(15)20-3/h4-6,10H,1-3H3. The van der Waals surface area contributed by atoms with Crippen LogP contribution >= 0.6 is 0 Å². The molecule has 0 N–H and O–H groups in total. The maximum Gasteiger partial charge on any atom is 0.324 e. The Morgan fingerprint density at radius 3 is 2.10 bits per heavy atom. The van der Waals surface area contributed by atoms with Crippen LogP contribution in [0.4, 0.5) is 5.69 Å². The molecule has 0 aliphatic carbocycles. The van der Waals surface area contributed by atoms with Gasteiger partial charge in [0.25, 0.3) is 0 Å². The molecule has 20 heavy (non-hydrogen) atoms. The monoisotopic (exact) mass is 283 g/mol. The molecule has 1 aromatic rings. The fraction of sp³-hybridized carbons (Fsp3) is 0.333. The Labute approximate surface area is 114 Å². The first kappa shape index (κ1) is 15.4. The zero-order valence-electron chi connectivity index (χ0n) is 11.1. The van der Waals surface area contributed by atoms with Crippen LogP contribution in [-0.2, 0) is 19.1 Å². The Hall–Kier alpha value is -2.64. The smallest absolute Gasteiger partial charge is 0.324 e. The van der Waals surface area contributed by atoms with E-state index >= 15 is 0 Å². The number of methoxy groups -OCH3 is 3. The number of benzene rings is 1. The molecule has 0 fully saturated rings. The van der Waals surface area contributed by atoms with Gasteiger partial charge in [0.2, 0.25) is 0 Å². The molecular weight excluding hydrogens is 270 g/mol. The minimum atomic E-state index is -1.32. The summed E-state index contributed by atoms with van der Waals surface area (Å²) >= 11 is 0. The number of carbonyl (C=O) groups is 2. The third-order valence-electron chi connectivity index (χ3n) is 2.61. The van der Waals surface area contributed by atoms with Gasteiger partial charge in [0.1, 0.15) is 0 Å². The number of rotatable bonds is 5. The van der Waals surface area contributed by atoms with Crippen molar-refractivity contribution in [3.8, 4) is 5.75 Å². The van der Waals surface area contributed by atoms with Crippen molar-refractivity contribution in [2.24, 2.45) is 0 Å². The first-order chi connectivity index (χ1) is 9.46. The van der Waals surface area contributed by atoms with Crippen LogP contribution in [0, 0.1) is 10.1 Å². The lowest BCUT2D eigenvalue weighted by atomic mass is 9.98. The van der Waals surface area contributed by atoms with E-state index in [9.17, 15) is 19.7 Å². The van der Waals surface area contributed by atoms with Crippen molar-refractivity contribution in [3.05, 3.63) is 33.9 Å². The summed E-state index contributed by atoms with van der Waals surface area (Å²) in [6, 6.07) is 3.66. The lowest BCUT2D eigenvalue weighted by molar-refractivity contribution is -0.385. The molecule has 0 aromatic heterocycles. The minimum Gasteiger partial charge on any atom is -0.490 e. The maximum atomic E-state index is 11.6. The molecule has 108 valence electrons. The van der Waals surface area contributed by atoms with Crippen molar-refractivity contribution in [2.75, 3.05) is 21.3 Å². The highest BCUT2D eigenvalue weighted by atomic mass is 16.6. The number of hydrogen-bond donors (Lipinski definition) is 0. The molecule has 0 amide bonds. The van der Waals surface area contributed by atoms with Crippen LogP contribution in [0.5, 0.6) is 5.75 Å².